The highest BCUT2D eigenvalue weighted by Crippen LogP contribution is 2.35. The molecule has 1 saturated carbocycles. The minimum atomic E-state index is 0.113. The monoisotopic (exact) mass is 350 g/mol. The third kappa shape index (κ3) is 4.06. The summed E-state index contributed by atoms with van der Waals surface area (Å²) in [6, 6.07) is 12.4. The van der Waals surface area contributed by atoms with E-state index in [-0.39, 0.29) is 5.91 Å². The van der Waals surface area contributed by atoms with E-state index in [2.05, 4.69) is 34.6 Å². The standard InChI is InChI=1S/C22H26N2O2/c25-21(14-18-10-9-17-5-1-4-8-20(17)18)24-15-16-11-12-23-22(13-16)26-19-6-2-3-7-19/h1,4-5,8,11-13,18-19H,2-3,6-7,9-10,14-15H2,(H,24,25). The fourth-order valence-electron chi connectivity index (χ4n) is 4.16. The number of rotatable bonds is 6. The van der Waals surface area contributed by atoms with Gasteiger partial charge in [0.05, 0.1) is 0 Å². The largest absolute Gasteiger partial charge is 0.474 e. The van der Waals surface area contributed by atoms with Crippen molar-refractivity contribution >= 4 is 5.91 Å². The van der Waals surface area contributed by atoms with E-state index in [1.54, 1.807) is 6.20 Å². The first-order valence-electron chi connectivity index (χ1n) is 9.74. The van der Waals surface area contributed by atoms with Gasteiger partial charge >= 0.3 is 0 Å². The summed E-state index contributed by atoms with van der Waals surface area (Å²) in [5.41, 5.74) is 3.78. The van der Waals surface area contributed by atoms with Crippen LogP contribution in [0.1, 0.15) is 61.1 Å². The molecule has 1 aromatic heterocycles. The third-order valence-electron chi connectivity index (χ3n) is 5.57. The summed E-state index contributed by atoms with van der Waals surface area (Å²) in [6.45, 7) is 0.525. The summed E-state index contributed by atoms with van der Waals surface area (Å²) in [6.07, 6.45) is 9.50. The molecule has 0 aliphatic heterocycles. The smallest absolute Gasteiger partial charge is 0.220 e. The van der Waals surface area contributed by atoms with Gasteiger partial charge in [-0.2, -0.15) is 0 Å². The van der Waals surface area contributed by atoms with Crippen molar-refractivity contribution in [3.05, 3.63) is 59.3 Å². The van der Waals surface area contributed by atoms with Gasteiger partial charge in [0, 0.05) is 25.2 Å². The predicted octanol–water partition coefficient (Wildman–Crippen LogP) is 4.14. The molecule has 0 spiro atoms. The van der Waals surface area contributed by atoms with Crippen LogP contribution in [0.3, 0.4) is 0 Å². The maximum Gasteiger partial charge on any atom is 0.220 e. The Kier molecular flexibility index (Phi) is 5.19. The molecule has 1 amide bonds. The maximum absolute atomic E-state index is 12.4. The first kappa shape index (κ1) is 17.1. The van der Waals surface area contributed by atoms with Crippen LogP contribution < -0.4 is 10.1 Å². The van der Waals surface area contributed by atoms with E-state index < -0.39 is 0 Å². The highest BCUT2D eigenvalue weighted by atomic mass is 16.5. The van der Waals surface area contributed by atoms with Gasteiger partial charge in [-0.05, 0) is 67.2 Å². The fraction of sp³-hybridized carbons (Fsp3) is 0.455. The Balaban J connectivity index is 1.29. The lowest BCUT2D eigenvalue weighted by Gasteiger charge is -2.14. The molecule has 1 heterocycles. The first-order chi connectivity index (χ1) is 12.8. The molecule has 2 aromatic rings. The molecule has 4 rings (SSSR count). The first-order valence-corrected chi connectivity index (χ1v) is 9.74. The van der Waals surface area contributed by atoms with Gasteiger partial charge in [0.15, 0.2) is 0 Å². The Morgan fingerprint density at radius 3 is 2.88 bits per heavy atom. The molecule has 1 fully saturated rings. The molecule has 26 heavy (non-hydrogen) atoms. The van der Waals surface area contributed by atoms with Gasteiger partial charge in [0.2, 0.25) is 11.8 Å². The molecule has 2 aliphatic carbocycles. The lowest BCUT2D eigenvalue weighted by atomic mass is 9.97. The van der Waals surface area contributed by atoms with Gasteiger partial charge in [-0.25, -0.2) is 4.98 Å². The van der Waals surface area contributed by atoms with Gasteiger partial charge in [0.25, 0.3) is 0 Å². The molecular formula is C22H26N2O2. The number of hydrogen-bond acceptors (Lipinski definition) is 3. The molecule has 2 aliphatic rings. The van der Waals surface area contributed by atoms with E-state index in [9.17, 15) is 4.79 Å². The zero-order chi connectivity index (χ0) is 17.8. The van der Waals surface area contributed by atoms with E-state index in [1.807, 2.05) is 12.1 Å². The van der Waals surface area contributed by atoms with Crippen molar-refractivity contribution in [1.82, 2.24) is 10.3 Å². The molecular weight excluding hydrogens is 324 g/mol. The number of amides is 1. The Morgan fingerprint density at radius 2 is 2.00 bits per heavy atom. The number of aromatic nitrogens is 1. The second-order valence-corrected chi connectivity index (χ2v) is 7.44. The summed E-state index contributed by atoms with van der Waals surface area (Å²) < 4.78 is 5.95. The number of carbonyl (C=O) groups is 1. The van der Waals surface area contributed by atoms with Crippen LogP contribution in [0.15, 0.2) is 42.6 Å². The third-order valence-corrected chi connectivity index (χ3v) is 5.57. The number of benzene rings is 1. The van der Waals surface area contributed by atoms with Crippen molar-refractivity contribution in [1.29, 1.82) is 0 Å². The zero-order valence-electron chi connectivity index (χ0n) is 15.1. The lowest BCUT2D eigenvalue weighted by molar-refractivity contribution is -0.121. The Morgan fingerprint density at radius 1 is 1.15 bits per heavy atom. The number of aryl methyl sites for hydroxylation is 1. The second-order valence-electron chi connectivity index (χ2n) is 7.44. The normalized spacial score (nSPS) is 19.3. The van der Waals surface area contributed by atoms with Crippen molar-refractivity contribution in [3.8, 4) is 5.88 Å². The van der Waals surface area contributed by atoms with Crippen LogP contribution in [0.25, 0.3) is 0 Å². The van der Waals surface area contributed by atoms with Gasteiger partial charge < -0.3 is 10.1 Å². The summed E-state index contributed by atoms with van der Waals surface area (Å²) in [5.74, 6) is 1.14. The van der Waals surface area contributed by atoms with Crippen molar-refractivity contribution in [2.45, 2.75) is 63.5 Å². The van der Waals surface area contributed by atoms with E-state index >= 15 is 0 Å². The van der Waals surface area contributed by atoms with Gasteiger partial charge in [-0.1, -0.05) is 24.3 Å². The van der Waals surface area contributed by atoms with Crippen molar-refractivity contribution in [3.63, 3.8) is 0 Å². The van der Waals surface area contributed by atoms with Crippen LogP contribution in [0.2, 0.25) is 0 Å². The van der Waals surface area contributed by atoms with E-state index in [0.29, 0.717) is 30.9 Å². The highest BCUT2D eigenvalue weighted by Gasteiger charge is 2.24. The topological polar surface area (TPSA) is 51.2 Å². The van der Waals surface area contributed by atoms with E-state index in [1.165, 1.54) is 24.0 Å². The molecule has 136 valence electrons. The molecule has 4 nitrogen and oxygen atoms in total. The molecule has 4 heteroatoms. The zero-order valence-corrected chi connectivity index (χ0v) is 15.1. The number of pyridine rings is 1. The molecule has 1 N–H and O–H groups in total. The lowest BCUT2D eigenvalue weighted by Crippen LogP contribution is -2.24. The van der Waals surface area contributed by atoms with Gasteiger partial charge in [-0.3, -0.25) is 4.79 Å². The fourth-order valence-corrected chi connectivity index (χ4v) is 4.16. The minimum absolute atomic E-state index is 0.113. The molecule has 1 aromatic carbocycles. The summed E-state index contributed by atoms with van der Waals surface area (Å²) in [5, 5.41) is 3.06. The Hall–Kier alpha value is -2.36. The molecule has 0 saturated heterocycles. The molecule has 0 bridgehead atoms. The van der Waals surface area contributed by atoms with Gasteiger partial charge in [0.1, 0.15) is 6.10 Å². The summed E-state index contributed by atoms with van der Waals surface area (Å²) in [7, 11) is 0. The second kappa shape index (κ2) is 7.90. The van der Waals surface area contributed by atoms with Crippen LogP contribution in [-0.2, 0) is 17.8 Å². The SMILES string of the molecule is O=C(CC1CCc2ccccc21)NCc1ccnc(OC2CCCC2)c1. The Labute approximate surface area is 155 Å². The van der Waals surface area contributed by atoms with E-state index in [4.69, 9.17) is 4.74 Å². The number of carbonyl (C=O) groups excluding carboxylic acids is 1. The highest BCUT2D eigenvalue weighted by molar-refractivity contribution is 5.77. The number of fused-ring (bicyclic) bond motifs is 1. The van der Waals surface area contributed by atoms with Crippen LogP contribution in [-0.4, -0.2) is 17.0 Å². The van der Waals surface area contributed by atoms with Crippen molar-refractivity contribution in [2.24, 2.45) is 0 Å². The van der Waals surface area contributed by atoms with Crippen LogP contribution >= 0.6 is 0 Å². The average molecular weight is 350 g/mol. The summed E-state index contributed by atoms with van der Waals surface area (Å²) >= 11 is 0. The molecule has 1 unspecified atom stereocenters. The minimum Gasteiger partial charge on any atom is -0.474 e. The van der Waals surface area contributed by atoms with Crippen LogP contribution in [0, 0.1) is 0 Å². The molecule has 1 atom stereocenters. The number of ether oxygens (including phenoxy) is 1. The van der Waals surface area contributed by atoms with E-state index in [0.717, 1.165) is 31.2 Å². The number of nitrogens with one attached hydrogen (secondary N) is 1. The van der Waals surface area contributed by atoms with Crippen LogP contribution in [0.4, 0.5) is 0 Å². The quantitative estimate of drug-likeness (QED) is 0.852. The van der Waals surface area contributed by atoms with Crippen molar-refractivity contribution < 1.29 is 9.53 Å². The predicted molar refractivity (Wildman–Crippen MR) is 101 cm³/mol. The molecule has 0 radical (unpaired) electrons. The summed E-state index contributed by atoms with van der Waals surface area (Å²) in [4.78, 5) is 16.7. The van der Waals surface area contributed by atoms with Crippen LogP contribution in [0.5, 0.6) is 5.88 Å². The van der Waals surface area contributed by atoms with Gasteiger partial charge in [-0.15, -0.1) is 0 Å². The average Bonchev–Trinajstić information content (AvgIpc) is 3.31. The Bertz CT molecular complexity index is 768. The number of hydrogen-bond donors (Lipinski definition) is 1. The number of nitrogens with zero attached hydrogens (tertiary/aromatic N) is 1. The maximum atomic E-state index is 12.4. The van der Waals surface area contributed by atoms with Crippen molar-refractivity contribution in [2.75, 3.05) is 0 Å².